The lowest BCUT2D eigenvalue weighted by Gasteiger charge is -2.12. The van der Waals surface area contributed by atoms with Crippen LogP contribution in [0.25, 0.3) is 0 Å². The van der Waals surface area contributed by atoms with Gasteiger partial charge in [-0.15, -0.1) is 0 Å². The molecule has 0 unspecified atom stereocenters. The van der Waals surface area contributed by atoms with Crippen LogP contribution in [0.4, 0.5) is 5.69 Å². The van der Waals surface area contributed by atoms with Crippen LogP contribution >= 0.6 is 0 Å². The number of methoxy groups -OCH3 is 1. The van der Waals surface area contributed by atoms with Crippen LogP contribution in [-0.4, -0.2) is 23.9 Å². The van der Waals surface area contributed by atoms with E-state index >= 15 is 0 Å². The van der Waals surface area contributed by atoms with Gasteiger partial charge >= 0.3 is 5.97 Å². The maximum absolute atomic E-state index is 12.3. The number of nitrogens with one attached hydrogen (secondary N) is 1. The van der Waals surface area contributed by atoms with Crippen molar-refractivity contribution in [3.8, 4) is 0 Å². The summed E-state index contributed by atoms with van der Waals surface area (Å²) < 4.78 is 9.71. The molecular formula is C15H14N2O6. The molecule has 1 aromatic heterocycles. The Kier molecular flexibility index (Phi) is 4.75. The molecule has 8 heteroatoms. The number of carbonyl (C=O) groups is 2. The van der Waals surface area contributed by atoms with Crippen LogP contribution in [0.1, 0.15) is 39.4 Å². The van der Waals surface area contributed by atoms with Gasteiger partial charge in [-0.1, -0.05) is 0 Å². The Morgan fingerprint density at radius 3 is 2.57 bits per heavy atom. The van der Waals surface area contributed by atoms with E-state index in [2.05, 4.69) is 10.1 Å². The van der Waals surface area contributed by atoms with Crippen molar-refractivity contribution >= 4 is 17.6 Å². The quantitative estimate of drug-likeness (QED) is 0.515. The third-order valence-corrected chi connectivity index (χ3v) is 3.13. The summed E-state index contributed by atoms with van der Waals surface area (Å²) in [6.45, 7) is 1.70. The van der Waals surface area contributed by atoms with Gasteiger partial charge in [0, 0.05) is 17.7 Å². The van der Waals surface area contributed by atoms with E-state index in [9.17, 15) is 19.7 Å². The Morgan fingerprint density at radius 1 is 1.30 bits per heavy atom. The maximum Gasteiger partial charge on any atom is 0.338 e. The molecule has 23 heavy (non-hydrogen) atoms. The molecule has 0 saturated carbocycles. The number of ether oxygens (including phenoxy) is 1. The Bertz CT molecular complexity index is 738. The first kappa shape index (κ1) is 16.2. The van der Waals surface area contributed by atoms with Crippen LogP contribution in [0.15, 0.2) is 41.0 Å². The average Bonchev–Trinajstić information content (AvgIpc) is 3.08. The zero-order valence-corrected chi connectivity index (χ0v) is 12.4. The van der Waals surface area contributed by atoms with Gasteiger partial charge in [0.25, 0.3) is 11.6 Å². The third kappa shape index (κ3) is 3.73. The smallest absolute Gasteiger partial charge is 0.338 e. The fourth-order valence-electron chi connectivity index (χ4n) is 1.97. The number of carbonyl (C=O) groups excluding carboxylic acids is 2. The zero-order chi connectivity index (χ0) is 17.0. The number of rotatable bonds is 5. The van der Waals surface area contributed by atoms with Crippen molar-refractivity contribution in [3.05, 3.63) is 63.6 Å². The SMILES string of the molecule is COC(=O)c1cc(C(=O)N[C@@H](C)c2ccco2)cc([N+](=O)[O-])c1. The highest BCUT2D eigenvalue weighted by atomic mass is 16.6. The number of non-ortho nitro benzene ring substituents is 1. The minimum Gasteiger partial charge on any atom is -0.467 e. The summed E-state index contributed by atoms with van der Waals surface area (Å²) in [6.07, 6.45) is 1.47. The number of nitrogens with zero attached hydrogens (tertiary/aromatic N) is 1. The second-order valence-corrected chi connectivity index (χ2v) is 4.73. The average molecular weight is 318 g/mol. The summed E-state index contributed by atoms with van der Waals surface area (Å²) in [6, 6.07) is 6.33. The molecule has 0 spiro atoms. The number of furan rings is 1. The molecule has 0 saturated heterocycles. The Hall–Kier alpha value is -3.16. The maximum atomic E-state index is 12.3. The molecule has 0 fully saturated rings. The number of hydrogen-bond donors (Lipinski definition) is 1. The van der Waals surface area contributed by atoms with Crippen molar-refractivity contribution in [2.45, 2.75) is 13.0 Å². The topological polar surface area (TPSA) is 112 Å². The molecule has 120 valence electrons. The van der Waals surface area contributed by atoms with Crippen LogP contribution in [0.2, 0.25) is 0 Å². The normalized spacial score (nSPS) is 11.6. The number of esters is 1. The molecule has 1 aromatic carbocycles. The van der Waals surface area contributed by atoms with Crippen molar-refractivity contribution < 1.29 is 23.7 Å². The molecule has 1 amide bonds. The van der Waals surface area contributed by atoms with E-state index in [-0.39, 0.29) is 16.8 Å². The predicted molar refractivity (Wildman–Crippen MR) is 79.0 cm³/mol. The summed E-state index contributed by atoms with van der Waals surface area (Å²) in [5, 5.41) is 13.6. The van der Waals surface area contributed by atoms with Crippen molar-refractivity contribution in [1.82, 2.24) is 5.32 Å². The summed E-state index contributed by atoms with van der Waals surface area (Å²) in [5.41, 5.74) is -0.459. The highest BCUT2D eigenvalue weighted by Gasteiger charge is 2.20. The first-order valence-electron chi connectivity index (χ1n) is 6.64. The predicted octanol–water partition coefficient (Wildman–Crippen LogP) is 2.47. The van der Waals surface area contributed by atoms with Gasteiger partial charge < -0.3 is 14.5 Å². The van der Waals surface area contributed by atoms with E-state index in [1.165, 1.54) is 12.3 Å². The molecule has 2 aromatic rings. The Morgan fingerprint density at radius 2 is 2.00 bits per heavy atom. The van der Waals surface area contributed by atoms with Crippen molar-refractivity contribution in [2.24, 2.45) is 0 Å². The summed E-state index contributed by atoms with van der Waals surface area (Å²) in [5.74, 6) is -0.790. The second-order valence-electron chi connectivity index (χ2n) is 4.73. The molecule has 0 radical (unpaired) electrons. The van der Waals surface area contributed by atoms with Gasteiger partial charge in [-0.25, -0.2) is 4.79 Å². The van der Waals surface area contributed by atoms with Gasteiger partial charge in [0.2, 0.25) is 0 Å². The molecule has 1 heterocycles. The Balaban J connectivity index is 2.30. The number of nitro groups is 1. The Labute approximate surface area is 131 Å². The highest BCUT2D eigenvalue weighted by molar-refractivity contribution is 5.99. The summed E-state index contributed by atoms with van der Waals surface area (Å²) in [4.78, 5) is 34.1. The van der Waals surface area contributed by atoms with Crippen molar-refractivity contribution in [3.63, 3.8) is 0 Å². The standard InChI is InChI=1S/C15H14N2O6/c1-9(13-4-3-5-23-13)16-14(18)10-6-11(15(19)22-2)8-12(7-10)17(20)21/h3-9H,1-2H3,(H,16,18)/t9-/m0/s1. The lowest BCUT2D eigenvalue weighted by atomic mass is 10.1. The number of nitro benzene ring substituents is 1. The molecule has 8 nitrogen and oxygen atoms in total. The van der Waals surface area contributed by atoms with Gasteiger partial charge in [0.1, 0.15) is 5.76 Å². The van der Waals surface area contributed by atoms with Gasteiger partial charge in [-0.2, -0.15) is 0 Å². The van der Waals surface area contributed by atoms with Crippen molar-refractivity contribution in [1.29, 1.82) is 0 Å². The molecule has 2 rings (SSSR count). The third-order valence-electron chi connectivity index (χ3n) is 3.13. The van der Waals surface area contributed by atoms with E-state index in [0.717, 1.165) is 19.2 Å². The van der Waals surface area contributed by atoms with Crippen LogP contribution in [0.5, 0.6) is 0 Å². The van der Waals surface area contributed by atoms with Gasteiger partial charge in [-0.3, -0.25) is 14.9 Å². The second kappa shape index (κ2) is 6.73. The first-order chi connectivity index (χ1) is 10.9. The van der Waals surface area contributed by atoms with E-state index in [4.69, 9.17) is 4.42 Å². The number of benzene rings is 1. The minimum absolute atomic E-state index is 0.0157. The fourth-order valence-corrected chi connectivity index (χ4v) is 1.97. The largest absolute Gasteiger partial charge is 0.467 e. The van der Waals surface area contributed by atoms with Gasteiger partial charge in [0.15, 0.2) is 0 Å². The van der Waals surface area contributed by atoms with Gasteiger partial charge in [-0.05, 0) is 25.1 Å². The van der Waals surface area contributed by atoms with Crippen molar-refractivity contribution in [2.75, 3.05) is 7.11 Å². The molecular weight excluding hydrogens is 304 g/mol. The number of hydrogen-bond acceptors (Lipinski definition) is 6. The molecule has 1 N–H and O–H groups in total. The van der Waals surface area contributed by atoms with E-state index < -0.39 is 22.8 Å². The highest BCUT2D eigenvalue weighted by Crippen LogP contribution is 2.19. The molecule has 1 atom stereocenters. The summed E-state index contributed by atoms with van der Waals surface area (Å²) >= 11 is 0. The zero-order valence-electron chi connectivity index (χ0n) is 12.4. The van der Waals surface area contributed by atoms with Gasteiger partial charge in [0.05, 0.1) is 29.9 Å². The molecule has 0 bridgehead atoms. The van der Waals surface area contributed by atoms with E-state index in [1.807, 2.05) is 0 Å². The summed E-state index contributed by atoms with van der Waals surface area (Å²) in [7, 11) is 1.15. The van der Waals surface area contributed by atoms with Crippen LogP contribution in [0.3, 0.4) is 0 Å². The molecule has 0 aliphatic heterocycles. The van der Waals surface area contributed by atoms with Crippen LogP contribution in [-0.2, 0) is 4.74 Å². The first-order valence-corrected chi connectivity index (χ1v) is 6.64. The monoisotopic (exact) mass is 318 g/mol. The fraction of sp³-hybridized carbons (Fsp3) is 0.200. The number of amides is 1. The van der Waals surface area contributed by atoms with Crippen LogP contribution in [0, 0.1) is 10.1 Å². The van der Waals surface area contributed by atoms with E-state index in [1.54, 1.807) is 19.1 Å². The lowest BCUT2D eigenvalue weighted by molar-refractivity contribution is -0.384. The molecule has 0 aliphatic rings. The van der Waals surface area contributed by atoms with Crippen LogP contribution < -0.4 is 5.32 Å². The minimum atomic E-state index is -0.762. The van der Waals surface area contributed by atoms with E-state index in [0.29, 0.717) is 5.76 Å². The molecule has 0 aliphatic carbocycles. The lowest BCUT2D eigenvalue weighted by Crippen LogP contribution is -2.26.